The van der Waals surface area contributed by atoms with Crippen LogP contribution >= 0.6 is 0 Å². The van der Waals surface area contributed by atoms with Crippen molar-refractivity contribution in [1.29, 1.82) is 0 Å². The van der Waals surface area contributed by atoms with Gasteiger partial charge in [0.2, 0.25) is 5.91 Å². The SMILES string of the molecule is CCC(CC)N(CCN(C)C(=O)CCC(=O)O)Cc1cccc(C(=O)Nc2ccc(-n3cc(C)cn3)nc2C(=O)Nc2ccc(CCc3ccc(C(=O)O)cc3)cc2)c1. The maximum Gasteiger partial charge on any atom is 0.335 e. The molecule has 0 aliphatic carbocycles. The van der Waals surface area contributed by atoms with Gasteiger partial charge in [0.1, 0.15) is 0 Å². The molecule has 3 amide bonds. The van der Waals surface area contributed by atoms with Crippen molar-refractivity contribution in [3.63, 3.8) is 0 Å². The molecule has 2 heterocycles. The third-order valence-corrected chi connectivity index (χ3v) is 10.1. The van der Waals surface area contributed by atoms with Gasteiger partial charge in [0.25, 0.3) is 11.8 Å². The number of likely N-dealkylation sites (N-methyl/N-ethyl adjacent to an activating group) is 1. The summed E-state index contributed by atoms with van der Waals surface area (Å²) in [4.78, 5) is 70.8. The van der Waals surface area contributed by atoms with E-state index < -0.39 is 23.8 Å². The van der Waals surface area contributed by atoms with E-state index in [0.29, 0.717) is 36.7 Å². The number of carboxylic acids is 2. The monoisotopic (exact) mass is 801 g/mol. The van der Waals surface area contributed by atoms with Crippen LogP contribution in [0, 0.1) is 6.92 Å². The van der Waals surface area contributed by atoms with E-state index in [0.717, 1.165) is 47.9 Å². The Bertz CT molecular complexity index is 2250. The van der Waals surface area contributed by atoms with E-state index in [-0.39, 0.29) is 41.7 Å². The van der Waals surface area contributed by atoms with Crippen LogP contribution in [0.3, 0.4) is 0 Å². The van der Waals surface area contributed by atoms with E-state index in [4.69, 9.17) is 10.2 Å². The number of benzene rings is 3. The Morgan fingerprint density at radius 3 is 2.05 bits per heavy atom. The molecule has 14 nitrogen and oxygen atoms in total. The lowest BCUT2D eigenvalue weighted by atomic mass is 10.0. The van der Waals surface area contributed by atoms with Crippen LogP contribution in [0.4, 0.5) is 11.4 Å². The Labute approximate surface area is 343 Å². The molecule has 308 valence electrons. The van der Waals surface area contributed by atoms with Gasteiger partial charge in [-0.2, -0.15) is 5.10 Å². The second-order valence-electron chi connectivity index (χ2n) is 14.5. The second-order valence-corrected chi connectivity index (χ2v) is 14.5. The normalized spacial score (nSPS) is 11.1. The average Bonchev–Trinajstić information content (AvgIpc) is 3.68. The number of aliphatic carboxylic acids is 1. The highest BCUT2D eigenvalue weighted by Crippen LogP contribution is 2.22. The number of carbonyl (C=O) groups is 5. The van der Waals surface area contributed by atoms with Gasteiger partial charge in [-0.1, -0.05) is 50.2 Å². The van der Waals surface area contributed by atoms with Crippen molar-refractivity contribution in [3.05, 3.63) is 136 Å². The molecule has 59 heavy (non-hydrogen) atoms. The summed E-state index contributed by atoms with van der Waals surface area (Å²) in [6.45, 7) is 7.63. The van der Waals surface area contributed by atoms with E-state index in [9.17, 15) is 24.0 Å². The molecule has 0 fully saturated rings. The summed E-state index contributed by atoms with van der Waals surface area (Å²) in [5.74, 6) is -2.76. The molecule has 0 atom stereocenters. The van der Waals surface area contributed by atoms with Crippen LogP contribution in [0.15, 0.2) is 97.3 Å². The van der Waals surface area contributed by atoms with Crippen molar-refractivity contribution in [3.8, 4) is 5.82 Å². The largest absolute Gasteiger partial charge is 0.481 e. The van der Waals surface area contributed by atoms with Gasteiger partial charge in [0.15, 0.2) is 11.5 Å². The second kappa shape index (κ2) is 20.7. The van der Waals surface area contributed by atoms with E-state index >= 15 is 0 Å². The number of anilines is 2. The number of carbonyl (C=O) groups excluding carboxylic acids is 3. The first-order valence-electron chi connectivity index (χ1n) is 19.7. The van der Waals surface area contributed by atoms with Crippen LogP contribution in [0.2, 0.25) is 0 Å². The Morgan fingerprint density at radius 1 is 0.763 bits per heavy atom. The van der Waals surface area contributed by atoms with Crippen molar-refractivity contribution in [1.82, 2.24) is 24.6 Å². The summed E-state index contributed by atoms with van der Waals surface area (Å²) in [7, 11) is 1.68. The zero-order valence-electron chi connectivity index (χ0n) is 33.9. The molecule has 0 aliphatic rings. The van der Waals surface area contributed by atoms with E-state index in [1.165, 1.54) is 0 Å². The fraction of sp³-hybridized carbons (Fsp3) is 0.311. The number of carboxylic acid groups (broad SMARTS) is 2. The fourth-order valence-electron chi connectivity index (χ4n) is 6.68. The topological polar surface area (TPSA) is 187 Å². The van der Waals surface area contributed by atoms with E-state index in [1.807, 2.05) is 49.4 Å². The molecule has 0 radical (unpaired) electrons. The first-order valence-corrected chi connectivity index (χ1v) is 19.7. The molecule has 2 aromatic heterocycles. The van der Waals surface area contributed by atoms with Crippen LogP contribution in [-0.4, -0.2) is 90.6 Å². The highest BCUT2D eigenvalue weighted by atomic mass is 16.4. The number of aryl methyl sites for hydroxylation is 3. The molecule has 0 unspecified atom stereocenters. The molecule has 0 saturated carbocycles. The van der Waals surface area contributed by atoms with Gasteiger partial charge in [0.05, 0.1) is 23.9 Å². The van der Waals surface area contributed by atoms with Gasteiger partial charge in [0, 0.05) is 56.6 Å². The lowest BCUT2D eigenvalue weighted by Gasteiger charge is -2.32. The number of nitrogens with zero attached hydrogens (tertiary/aromatic N) is 5. The first-order chi connectivity index (χ1) is 28.3. The number of aromatic carboxylic acids is 1. The standard InChI is InChI=1S/C45H51N7O7/c1-5-37(6-2)51(25-24-50(4)40(53)22-23-41(54)55)29-33-8-7-9-35(26-33)43(56)48-38-20-21-39(52-28-30(3)27-46-52)49-42(38)44(57)47-36-18-14-32(15-19-36)11-10-31-12-16-34(17-13-31)45(58)59/h7-9,12-21,26-28,37H,5-6,10-11,22-25,29H2,1-4H3,(H,47,57)(H,48,56)(H,54,55)(H,58,59). The predicted octanol–water partition coefficient (Wildman–Crippen LogP) is 6.88. The maximum atomic E-state index is 13.9. The Hall–Kier alpha value is -6.67. The van der Waals surface area contributed by atoms with Crippen molar-refractivity contribution >= 4 is 41.0 Å². The molecule has 14 heteroatoms. The minimum Gasteiger partial charge on any atom is -0.481 e. The molecule has 0 aliphatic heterocycles. The van der Waals surface area contributed by atoms with Crippen molar-refractivity contribution in [2.45, 2.75) is 71.9 Å². The average molecular weight is 802 g/mol. The highest BCUT2D eigenvalue weighted by molar-refractivity contribution is 6.11. The van der Waals surface area contributed by atoms with Crippen molar-refractivity contribution in [2.75, 3.05) is 30.8 Å². The number of hydrogen-bond donors (Lipinski definition) is 4. The van der Waals surface area contributed by atoms with Crippen LogP contribution in [-0.2, 0) is 29.0 Å². The van der Waals surface area contributed by atoms with Gasteiger partial charge in [-0.15, -0.1) is 0 Å². The van der Waals surface area contributed by atoms with Gasteiger partial charge in [-0.25, -0.2) is 14.5 Å². The summed E-state index contributed by atoms with van der Waals surface area (Å²) < 4.78 is 1.56. The summed E-state index contributed by atoms with van der Waals surface area (Å²) in [5.41, 5.74) is 5.23. The van der Waals surface area contributed by atoms with Crippen LogP contribution in [0.5, 0.6) is 0 Å². The number of aromatic nitrogens is 3. The number of rotatable bonds is 20. The van der Waals surface area contributed by atoms with E-state index in [1.54, 1.807) is 71.5 Å². The lowest BCUT2D eigenvalue weighted by Crippen LogP contribution is -2.41. The zero-order valence-corrected chi connectivity index (χ0v) is 33.9. The minimum atomic E-state index is -1.01. The quantitative estimate of drug-likeness (QED) is 0.0647. The smallest absolute Gasteiger partial charge is 0.335 e. The molecule has 0 bridgehead atoms. The molecular formula is C45H51N7O7. The maximum absolute atomic E-state index is 13.9. The van der Waals surface area contributed by atoms with E-state index in [2.05, 4.69) is 39.5 Å². The summed E-state index contributed by atoms with van der Waals surface area (Å²) in [6, 6.07) is 25.0. The Kier molecular flexibility index (Phi) is 15.2. The van der Waals surface area contributed by atoms with Gasteiger partial charge in [-0.3, -0.25) is 24.1 Å². The molecule has 5 aromatic rings. The number of hydrogen-bond acceptors (Lipinski definition) is 8. The Morgan fingerprint density at radius 2 is 1.44 bits per heavy atom. The number of amides is 3. The Balaban J connectivity index is 1.30. The zero-order chi connectivity index (χ0) is 42.5. The molecule has 3 aromatic carbocycles. The van der Waals surface area contributed by atoms with Gasteiger partial charge < -0.3 is 25.7 Å². The molecule has 5 rings (SSSR count). The van der Waals surface area contributed by atoms with Gasteiger partial charge in [-0.05, 0) is 103 Å². The summed E-state index contributed by atoms with van der Waals surface area (Å²) in [5, 5.41) is 28.3. The summed E-state index contributed by atoms with van der Waals surface area (Å²) >= 11 is 0. The number of nitrogens with one attached hydrogen (secondary N) is 2. The molecule has 4 N–H and O–H groups in total. The molecule has 0 spiro atoms. The third kappa shape index (κ3) is 12.4. The summed E-state index contributed by atoms with van der Waals surface area (Å²) in [6.07, 6.45) is 6.41. The molecule has 0 saturated heterocycles. The predicted molar refractivity (Wildman–Crippen MR) is 225 cm³/mol. The van der Waals surface area contributed by atoms with Crippen molar-refractivity contribution in [2.24, 2.45) is 0 Å². The van der Waals surface area contributed by atoms with Crippen LogP contribution in [0.25, 0.3) is 5.82 Å². The lowest BCUT2D eigenvalue weighted by molar-refractivity contribution is -0.140. The third-order valence-electron chi connectivity index (χ3n) is 10.1. The minimum absolute atomic E-state index is 0.00373. The first kappa shape index (κ1) is 43.5. The van der Waals surface area contributed by atoms with Gasteiger partial charge >= 0.3 is 11.9 Å². The van der Waals surface area contributed by atoms with Crippen molar-refractivity contribution < 1.29 is 34.2 Å². The highest BCUT2D eigenvalue weighted by Gasteiger charge is 2.21. The van der Waals surface area contributed by atoms with Crippen LogP contribution < -0.4 is 10.6 Å². The fourth-order valence-corrected chi connectivity index (χ4v) is 6.68. The number of pyridine rings is 1. The molecular weight excluding hydrogens is 751 g/mol. The van der Waals surface area contributed by atoms with Crippen LogP contribution in [0.1, 0.15) is 93.0 Å².